The third kappa shape index (κ3) is 3.80. The molecule has 100 valence electrons. The van der Waals surface area contributed by atoms with Crippen molar-refractivity contribution in [2.45, 2.75) is 32.5 Å². The number of ether oxygens (including phenoxy) is 1. The lowest BCUT2D eigenvalue weighted by Crippen LogP contribution is -2.47. The van der Waals surface area contributed by atoms with Crippen molar-refractivity contribution in [3.63, 3.8) is 0 Å². The topological polar surface area (TPSA) is 24.5 Å². The molecule has 2 rings (SSSR count). The van der Waals surface area contributed by atoms with Gasteiger partial charge in [0.05, 0.1) is 12.2 Å². The number of hydrogen-bond donors (Lipinski definition) is 1. The molecule has 1 aliphatic heterocycles. The van der Waals surface area contributed by atoms with Crippen LogP contribution in [-0.2, 0) is 17.8 Å². The van der Waals surface area contributed by atoms with Gasteiger partial charge in [-0.1, -0.05) is 24.3 Å². The fourth-order valence-electron chi connectivity index (χ4n) is 2.47. The average molecular weight is 248 g/mol. The molecule has 3 nitrogen and oxygen atoms in total. The number of rotatable bonds is 4. The van der Waals surface area contributed by atoms with Crippen LogP contribution in [0.4, 0.5) is 0 Å². The maximum absolute atomic E-state index is 5.73. The van der Waals surface area contributed by atoms with E-state index in [1.54, 1.807) is 0 Å². The largest absolute Gasteiger partial charge is 0.373 e. The molecule has 0 saturated carbocycles. The van der Waals surface area contributed by atoms with Crippen molar-refractivity contribution in [2.24, 2.45) is 0 Å². The van der Waals surface area contributed by atoms with Crippen LogP contribution in [0, 0.1) is 0 Å². The van der Waals surface area contributed by atoms with Crippen molar-refractivity contribution >= 4 is 0 Å². The lowest BCUT2D eigenvalue weighted by Gasteiger charge is -2.38. The van der Waals surface area contributed by atoms with E-state index in [0.29, 0.717) is 0 Å². The van der Waals surface area contributed by atoms with Crippen molar-refractivity contribution in [3.05, 3.63) is 35.4 Å². The van der Waals surface area contributed by atoms with Gasteiger partial charge in [0.15, 0.2) is 0 Å². The first-order valence-corrected chi connectivity index (χ1v) is 6.68. The van der Waals surface area contributed by atoms with Gasteiger partial charge in [0.2, 0.25) is 0 Å². The Morgan fingerprint density at radius 3 is 2.50 bits per heavy atom. The molecule has 0 atom stereocenters. The first-order valence-electron chi connectivity index (χ1n) is 6.68. The average Bonchev–Trinajstić information content (AvgIpc) is 2.31. The van der Waals surface area contributed by atoms with Crippen LogP contribution in [0.2, 0.25) is 0 Å². The number of benzene rings is 1. The molecule has 1 N–H and O–H groups in total. The lowest BCUT2D eigenvalue weighted by molar-refractivity contribution is -0.0882. The van der Waals surface area contributed by atoms with Crippen LogP contribution in [0.25, 0.3) is 0 Å². The summed E-state index contributed by atoms with van der Waals surface area (Å²) in [6.07, 6.45) is 0. The van der Waals surface area contributed by atoms with E-state index >= 15 is 0 Å². The third-order valence-corrected chi connectivity index (χ3v) is 3.31. The molecule has 0 unspecified atom stereocenters. The highest BCUT2D eigenvalue weighted by molar-refractivity contribution is 5.22. The number of nitrogens with one attached hydrogen (secondary N) is 1. The highest BCUT2D eigenvalue weighted by atomic mass is 16.5. The molecule has 1 saturated heterocycles. The summed E-state index contributed by atoms with van der Waals surface area (Å²) in [7, 11) is 1.98. The zero-order chi connectivity index (χ0) is 13.0. The molecule has 3 heteroatoms. The Morgan fingerprint density at radius 1 is 1.22 bits per heavy atom. The van der Waals surface area contributed by atoms with Gasteiger partial charge in [0, 0.05) is 26.2 Å². The lowest BCUT2D eigenvalue weighted by atomic mass is 10.1. The van der Waals surface area contributed by atoms with Crippen molar-refractivity contribution in [2.75, 3.05) is 26.7 Å². The molecule has 0 radical (unpaired) electrons. The highest BCUT2D eigenvalue weighted by Crippen LogP contribution is 2.18. The van der Waals surface area contributed by atoms with Crippen LogP contribution in [0.5, 0.6) is 0 Å². The molecule has 1 aromatic rings. The van der Waals surface area contributed by atoms with Crippen molar-refractivity contribution in [1.29, 1.82) is 0 Å². The first kappa shape index (κ1) is 13.5. The Kier molecular flexibility index (Phi) is 4.38. The molecule has 0 bridgehead atoms. The van der Waals surface area contributed by atoms with Gasteiger partial charge in [0.1, 0.15) is 0 Å². The molecule has 0 aliphatic carbocycles. The van der Waals surface area contributed by atoms with E-state index in [9.17, 15) is 0 Å². The van der Waals surface area contributed by atoms with Crippen molar-refractivity contribution in [1.82, 2.24) is 10.2 Å². The smallest absolute Gasteiger partial charge is 0.0753 e. The van der Waals surface area contributed by atoms with Crippen LogP contribution in [0.3, 0.4) is 0 Å². The minimum Gasteiger partial charge on any atom is -0.373 e. The molecule has 1 heterocycles. The molecule has 0 amide bonds. The van der Waals surface area contributed by atoms with Gasteiger partial charge in [-0.05, 0) is 32.0 Å². The Hall–Kier alpha value is -0.900. The van der Waals surface area contributed by atoms with Crippen LogP contribution < -0.4 is 5.32 Å². The van der Waals surface area contributed by atoms with Crippen LogP contribution in [0.1, 0.15) is 25.0 Å². The van der Waals surface area contributed by atoms with E-state index < -0.39 is 0 Å². The van der Waals surface area contributed by atoms with Crippen molar-refractivity contribution < 1.29 is 4.74 Å². The third-order valence-electron chi connectivity index (χ3n) is 3.31. The summed E-state index contributed by atoms with van der Waals surface area (Å²) in [5.41, 5.74) is 2.71. The fourth-order valence-corrected chi connectivity index (χ4v) is 2.47. The van der Waals surface area contributed by atoms with Gasteiger partial charge in [-0.25, -0.2) is 0 Å². The minimum atomic E-state index is -0.00960. The predicted molar refractivity (Wildman–Crippen MR) is 74.5 cm³/mol. The van der Waals surface area contributed by atoms with Crippen LogP contribution in [0.15, 0.2) is 24.3 Å². The fraction of sp³-hybridized carbons (Fsp3) is 0.600. The Morgan fingerprint density at radius 2 is 1.89 bits per heavy atom. The van der Waals surface area contributed by atoms with Gasteiger partial charge in [-0.3, -0.25) is 4.90 Å². The van der Waals surface area contributed by atoms with E-state index in [2.05, 4.69) is 48.3 Å². The quantitative estimate of drug-likeness (QED) is 0.882. The second-order valence-corrected chi connectivity index (χ2v) is 5.67. The summed E-state index contributed by atoms with van der Waals surface area (Å²) in [6, 6.07) is 8.87. The highest BCUT2D eigenvalue weighted by Gasteiger charge is 2.26. The van der Waals surface area contributed by atoms with E-state index in [1.807, 2.05) is 7.05 Å². The molecule has 1 fully saturated rings. The summed E-state index contributed by atoms with van der Waals surface area (Å²) in [5.74, 6) is 0. The zero-order valence-corrected chi connectivity index (χ0v) is 11.7. The van der Waals surface area contributed by atoms with Gasteiger partial charge in [-0.15, -0.1) is 0 Å². The molecule has 1 aromatic carbocycles. The molecule has 0 aromatic heterocycles. The Labute approximate surface area is 110 Å². The first-order chi connectivity index (χ1) is 8.59. The maximum atomic E-state index is 5.73. The standard InChI is InChI=1S/C15H24N2O/c1-15(2)12-17(8-9-18-15)11-14-6-4-13(5-7-14)10-16-3/h4-7,16H,8-12H2,1-3H3. The molecule has 1 aliphatic rings. The second-order valence-electron chi connectivity index (χ2n) is 5.67. The van der Waals surface area contributed by atoms with E-state index in [1.165, 1.54) is 11.1 Å². The SMILES string of the molecule is CNCc1ccc(CN2CCOC(C)(C)C2)cc1. The van der Waals surface area contributed by atoms with Gasteiger partial charge < -0.3 is 10.1 Å². The predicted octanol–water partition coefficient (Wildman–Crippen LogP) is 2.02. The number of nitrogens with zero attached hydrogens (tertiary/aromatic N) is 1. The maximum Gasteiger partial charge on any atom is 0.0753 e. The summed E-state index contributed by atoms with van der Waals surface area (Å²) in [4.78, 5) is 2.47. The zero-order valence-electron chi connectivity index (χ0n) is 11.7. The monoisotopic (exact) mass is 248 g/mol. The van der Waals surface area contributed by atoms with Gasteiger partial charge in [0.25, 0.3) is 0 Å². The Bertz CT molecular complexity index is 373. The van der Waals surface area contributed by atoms with Crippen LogP contribution >= 0.6 is 0 Å². The van der Waals surface area contributed by atoms with E-state index in [-0.39, 0.29) is 5.60 Å². The number of hydrogen-bond acceptors (Lipinski definition) is 3. The molecule has 18 heavy (non-hydrogen) atoms. The molecular weight excluding hydrogens is 224 g/mol. The Balaban J connectivity index is 1.92. The van der Waals surface area contributed by atoms with E-state index in [0.717, 1.165) is 32.8 Å². The summed E-state index contributed by atoms with van der Waals surface area (Å²) >= 11 is 0. The molecule has 0 spiro atoms. The van der Waals surface area contributed by atoms with Crippen molar-refractivity contribution in [3.8, 4) is 0 Å². The summed E-state index contributed by atoms with van der Waals surface area (Å²) < 4.78 is 5.73. The molecular formula is C15H24N2O. The van der Waals surface area contributed by atoms with Gasteiger partial charge >= 0.3 is 0 Å². The van der Waals surface area contributed by atoms with E-state index in [4.69, 9.17) is 4.74 Å². The summed E-state index contributed by atoms with van der Waals surface area (Å²) in [5, 5.41) is 3.17. The summed E-state index contributed by atoms with van der Waals surface area (Å²) in [6.45, 7) is 9.15. The van der Waals surface area contributed by atoms with Gasteiger partial charge in [-0.2, -0.15) is 0 Å². The second kappa shape index (κ2) is 5.83. The number of morpholine rings is 1. The minimum absolute atomic E-state index is 0.00960. The normalized spacial score (nSPS) is 19.9. The van der Waals surface area contributed by atoms with Crippen LogP contribution in [-0.4, -0.2) is 37.2 Å².